The first-order chi connectivity index (χ1) is 27.8. The molecule has 2 aliphatic carbocycles. The minimum Gasteiger partial charge on any atom is -0.311 e. The lowest BCUT2D eigenvalue weighted by Gasteiger charge is -2.30. The fourth-order valence-electron chi connectivity index (χ4n) is 9.49. The summed E-state index contributed by atoms with van der Waals surface area (Å²) in [6, 6.07) is 82.2. The highest BCUT2D eigenvalue weighted by molar-refractivity contribution is 6.00. The molecular formula is C56H43N. The monoisotopic (exact) mass is 729 g/mol. The lowest BCUT2D eigenvalue weighted by Crippen LogP contribution is -2.25. The molecule has 0 radical (unpaired) electrons. The first-order valence-electron chi connectivity index (χ1n) is 19.4. The molecule has 2 aliphatic rings. The van der Waals surface area contributed by atoms with Crippen molar-refractivity contribution in [2.24, 2.45) is 0 Å². The maximum atomic E-state index is 2.37. The van der Waals surface area contributed by atoms with Crippen molar-refractivity contribution in [1.29, 1.82) is 0 Å². The van der Waals surface area contributed by atoms with Crippen molar-refractivity contribution in [2.75, 3.05) is 4.90 Å². The molecule has 9 aromatic carbocycles. The van der Waals surface area contributed by atoms with Gasteiger partial charge in [-0.25, -0.2) is 0 Å². The minimum atomic E-state index is -0.357. The van der Waals surface area contributed by atoms with Crippen LogP contribution in [0.2, 0.25) is 0 Å². The lowest BCUT2D eigenvalue weighted by molar-refractivity contribution is 0.794. The second kappa shape index (κ2) is 13.8. The van der Waals surface area contributed by atoms with Gasteiger partial charge in [-0.3, -0.25) is 0 Å². The van der Waals surface area contributed by atoms with Gasteiger partial charge in [-0.05, 0) is 114 Å². The number of benzene rings is 9. The van der Waals surface area contributed by atoms with Gasteiger partial charge in [0, 0.05) is 18.5 Å². The van der Waals surface area contributed by atoms with E-state index in [0.29, 0.717) is 0 Å². The van der Waals surface area contributed by atoms with Crippen LogP contribution in [0, 0.1) is 0 Å². The van der Waals surface area contributed by atoms with Crippen LogP contribution in [0.5, 0.6) is 0 Å². The van der Waals surface area contributed by atoms with Crippen molar-refractivity contribution < 1.29 is 1.43 Å². The van der Waals surface area contributed by atoms with Crippen molar-refractivity contribution in [2.45, 2.75) is 12.8 Å². The van der Waals surface area contributed by atoms with E-state index < -0.39 is 0 Å². The SMILES string of the molecule is C.[HH].c1ccc(-c2ccc(N(c3ccc(-c4ccccc4)cc3)c3ccc(-c4cccc5c4-c4ccccc4C54c5ccccc5-c5ccccc54)cc3)cc2)cc1. The Kier molecular flexibility index (Phi) is 8.31. The highest BCUT2D eigenvalue weighted by Gasteiger charge is 2.51. The number of hydrogen-bond donors (Lipinski definition) is 0. The number of nitrogens with zero attached hydrogens (tertiary/aromatic N) is 1. The van der Waals surface area contributed by atoms with Gasteiger partial charge in [-0.15, -0.1) is 0 Å². The van der Waals surface area contributed by atoms with Crippen LogP contribution in [-0.4, -0.2) is 0 Å². The Morgan fingerprint density at radius 3 is 1.07 bits per heavy atom. The number of hydrogen-bond acceptors (Lipinski definition) is 1. The van der Waals surface area contributed by atoms with Crippen LogP contribution in [0.25, 0.3) is 55.6 Å². The average molecular weight is 730 g/mol. The fraction of sp³-hybridized carbons (Fsp3) is 0.0357. The second-order valence-electron chi connectivity index (χ2n) is 14.8. The third-order valence-electron chi connectivity index (χ3n) is 11.9. The van der Waals surface area contributed by atoms with E-state index in [4.69, 9.17) is 0 Å². The van der Waals surface area contributed by atoms with Crippen molar-refractivity contribution >= 4 is 17.1 Å². The number of fused-ring (bicyclic) bond motifs is 10. The summed E-state index contributed by atoms with van der Waals surface area (Å²) in [4.78, 5) is 2.36. The lowest BCUT2D eigenvalue weighted by atomic mass is 9.70. The van der Waals surface area contributed by atoms with E-state index in [9.17, 15) is 0 Å². The molecule has 0 amide bonds. The number of anilines is 3. The van der Waals surface area contributed by atoms with E-state index in [2.05, 4.69) is 229 Å². The van der Waals surface area contributed by atoms with Gasteiger partial charge in [0.05, 0.1) is 5.41 Å². The van der Waals surface area contributed by atoms with Crippen LogP contribution in [0.1, 0.15) is 31.1 Å². The molecule has 57 heavy (non-hydrogen) atoms. The zero-order chi connectivity index (χ0) is 37.1. The van der Waals surface area contributed by atoms with Crippen LogP contribution in [0.4, 0.5) is 17.1 Å². The summed E-state index contributed by atoms with van der Waals surface area (Å²) >= 11 is 0. The van der Waals surface area contributed by atoms with Gasteiger partial charge in [-0.1, -0.05) is 195 Å². The fourth-order valence-corrected chi connectivity index (χ4v) is 9.49. The predicted octanol–water partition coefficient (Wildman–Crippen LogP) is 15.4. The van der Waals surface area contributed by atoms with Gasteiger partial charge in [0.15, 0.2) is 0 Å². The first-order valence-corrected chi connectivity index (χ1v) is 19.4. The van der Waals surface area contributed by atoms with Gasteiger partial charge >= 0.3 is 0 Å². The molecule has 0 saturated carbocycles. The maximum absolute atomic E-state index is 2.37. The van der Waals surface area contributed by atoms with Crippen molar-refractivity contribution in [3.63, 3.8) is 0 Å². The van der Waals surface area contributed by atoms with Gasteiger partial charge < -0.3 is 4.90 Å². The zero-order valence-electron chi connectivity index (χ0n) is 30.8. The summed E-state index contributed by atoms with van der Waals surface area (Å²) in [5.74, 6) is 0. The molecule has 0 unspecified atom stereocenters. The molecule has 0 bridgehead atoms. The molecule has 0 aliphatic heterocycles. The Hall–Kier alpha value is -7.22. The van der Waals surface area contributed by atoms with Gasteiger partial charge in [-0.2, -0.15) is 0 Å². The molecule has 0 heterocycles. The Balaban J connectivity index is 0.00000218. The van der Waals surface area contributed by atoms with Gasteiger partial charge in [0.2, 0.25) is 0 Å². The summed E-state index contributed by atoms with van der Waals surface area (Å²) < 4.78 is 0. The Labute approximate surface area is 337 Å². The van der Waals surface area contributed by atoms with Crippen LogP contribution >= 0.6 is 0 Å². The van der Waals surface area contributed by atoms with Crippen molar-refractivity contribution in [3.8, 4) is 55.6 Å². The molecular weight excluding hydrogens is 687 g/mol. The van der Waals surface area contributed by atoms with Crippen molar-refractivity contribution in [3.05, 3.63) is 247 Å². The standard InChI is InChI=1S/C55H37N.CH4.H2/c1-3-14-38(15-4-1)40-26-32-43(33-27-40)56(44-34-28-41(29-35-44)39-16-5-2-6-17-39)45-36-30-42(31-37-45)46-21-13-25-53-54(46)49-20-9-12-24-52(49)55(53)50-22-10-7-18-47(50)48-19-8-11-23-51(48)55;;/h1-37H;1H4;1H. The third kappa shape index (κ3) is 5.31. The molecule has 0 N–H and O–H groups in total. The smallest absolute Gasteiger partial charge is 0.0725 e. The molecule has 1 heteroatoms. The average Bonchev–Trinajstić information content (AvgIpc) is 3.76. The Morgan fingerprint density at radius 1 is 0.263 bits per heavy atom. The quantitative estimate of drug-likeness (QED) is 0.165. The summed E-state index contributed by atoms with van der Waals surface area (Å²) in [6.45, 7) is 0. The molecule has 0 atom stereocenters. The summed E-state index contributed by atoms with van der Waals surface area (Å²) in [5.41, 5.74) is 21.0. The first kappa shape index (κ1) is 34.3. The van der Waals surface area contributed by atoms with Crippen LogP contribution < -0.4 is 4.90 Å². The third-order valence-corrected chi connectivity index (χ3v) is 11.9. The maximum Gasteiger partial charge on any atom is 0.0725 e. The second-order valence-corrected chi connectivity index (χ2v) is 14.8. The highest BCUT2D eigenvalue weighted by Crippen LogP contribution is 2.63. The van der Waals surface area contributed by atoms with Crippen LogP contribution in [0.3, 0.4) is 0 Å². The molecule has 0 saturated heterocycles. The number of rotatable bonds is 6. The van der Waals surface area contributed by atoms with Crippen LogP contribution in [0.15, 0.2) is 224 Å². The largest absolute Gasteiger partial charge is 0.311 e. The van der Waals surface area contributed by atoms with E-state index in [1.165, 1.54) is 77.9 Å². The van der Waals surface area contributed by atoms with E-state index >= 15 is 0 Å². The molecule has 272 valence electrons. The molecule has 11 rings (SSSR count). The molecule has 0 fully saturated rings. The Bertz CT molecular complexity index is 2750. The van der Waals surface area contributed by atoms with E-state index in [1.54, 1.807) is 0 Å². The predicted molar refractivity (Wildman–Crippen MR) is 243 cm³/mol. The summed E-state index contributed by atoms with van der Waals surface area (Å²) in [6.07, 6.45) is 0. The topological polar surface area (TPSA) is 3.24 Å². The zero-order valence-corrected chi connectivity index (χ0v) is 30.8. The summed E-state index contributed by atoms with van der Waals surface area (Å²) in [7, 11) is 0. The van der Waals surface area contributed by atoms with Crippen LogP contribution in [-0.2, 0) is 5.41 Å². The molecule has 1 spiro atoms. The van der Waals surface area contributed by atoms with E-state index in [0.717, 1.165) is 17.1 Å². The van der Waals surface area contributed by atoms with E-state index in [-0.39, 0.29) is 14.3 Å². The Morgan fingerprint density at radius 2 is 0.596 bits per heavy atom. The van der Waals surface area contributed by atoms with Gasteiger partial charge in [0.25, 0.3) is 0 Å². The summed E-state index contributed by atoms with van der Waals surface area (Å²) in [5, 5.41) is 0. The van der Waals surface area contributed by atoms with Crippen molar-refractivity contribution in [1.82, 2.24) is 0 Å². The minimum absolute atomic E-state index is 0. The molecule has 9 aromatic rings. The molecule has 0 aromatic heterocycles. The molecule has 1 nitrogen and oxygen atoms in total. The van der Waals surface area contributed by atoms with E-state index in [1.807, 2.05) is 0 Å². The van der Waals surface area contributed by atoms with Gasteiger partial charge in [0.1, 0.15) is 0 Å². The highest BCUT2D eigenvalue weighted by atomic mass is 15.1. The normalized spacial score (nSPS) is 12.6.